The second-order valence-electron chi connectivity index (χ2n) is 0.983. The van der Waals surface area contributed by atoms with E-state index in [2.05, 4.69) is 8.40 Å². The molecule has 0 amide bonds. The molecule has 0 aliphatic heterocycles. The van der Waals surface area contributed by atoms with Crippen LogP contribution in [0.15, 0.2) is 0 Å². The number of rotatable bonds is 3. The fraction of sp³-hybridized carbons (Fsp3) is 1.00. The van der Waals surface area contributed by atoms with Crippen LogP contribution in [-0.4, -0.2) is 13.4 Å². The van der Waals surface area contributed by atoms with Gasteiger partial charge in [0.15, 0.2) is 0 Å². The van der Waals surface area contributed by atoms with Gasteiger partial charge in [-0.2, -0.15) is 0 Å². The van der Waals surface area contributed by atoms with Gasteiger partial charge in [0.2, 0.25) is 0 Å². The predicted octanol–water partition coefficient (Wildman–Crippen LogP) is 0.338. The van der Waals surface area contributed by atoms with Crippen LogP contribution in [0, 0.1) is 0 Å². The second-order valence-corrected chi connectivity index (χ2v) is 1.55. The summed E-state index contributed by atoms with van der Waals surface area (Å²) in [6, 6.07) is 0. The molecule has 0 fully saturated rings. The van der Waals surface area contributed by atoms with E-state index in [1.807, 2.05) is 0 Å². The molecule has 0 aromatic carbocycles. The van der Waals surface area contributed by atoms with Crippen LogP contribution < -0.4 is 0 Å². The van der Waals surface area contributed by atoms with Crippen LogP contribution in [0.1, 0.15) is 6.92 Å². The Kier molecular flexibility index (Phi) is 4.66. The molecule has 0 aliphatic rings. The minimum absolute atomic E-state index is 0.322. The Labute approximate surface area is 49.7 Å². The number of hydrogen-bond acceptors (Lipinski definition) is 3. The summed E-state index contributed by atoms with van der Waals surface area (Å²) in [6.07, 6.45) is -0.322. The molecule has 0 N–H and O–H groups in total. The Morgan fingerprint density at radius 2 is 2.29 bits per heavy atom. The van der Waals surface area contributed by atoms with E-state index in [1.165, 1.54) is 7.11 Å². The summed E-state index contributed by atoms with van der Waals surface area (Å²) in [5.41, 5.74) is 0. The molecule has 0 saturated carbocycles. The van der Waals surface area contributed by atoms with Crippen LogP contribution in [0.2, 0.25) is 0 Å². The molecule has 0 bridgehead atoms. The zero-order valence-corrected chi connectivity index (χ0v) is 5.65. The fourth-order valence-corrected chi connectivity index (χ4v) is 0.427. The molecule has 0 aliphatic carbocycles. The van der Waals surface area contributed by atoms with E-state index in [0.29, 0.717) is 0 Å². The van der Waals surface area contributed by atoms with E-state index < -0.39 is 16.6 Å². The predicted molar refractivity (Wildman–Crippen MR) is 18.2 cm³/mol. The first-order chi connectivity index (χ1) is 3.31. The first kappa shape index (κ1) is 7.30. The van der Waals surface area contributed by atoms with Crippen molar-refractivity contribution in [3.63, 3.8) is 0 Å². The summed E-state index contributed by atoms with van der Waals surface area (Å²) < 4.78 is 18.8. The molecule has 1 atom stereocenters. The summed E-state index contributed by atoms with van der Waals surface area (Å²) in [4.78, 5) is 0. The first-order valence-corrected chi connectivity index (χ1v) is 2.96. The first-order valence-electron chi connectivity index (χ1n) is 1.82. The summed E-state index contributed by atoms with van der Waals surface area (Å²) in [5.74, 6) is 0. The Morgan fingerprint density at radius 3 is 2.43 bits per heavy atom. The van der Waals surface area contributed by atoms with Crippen LogP contribution in [0.3, 0.4) is 0 Å². The van der Waals surface area contributed by atoms with E-state index in [1.54, 1.807) is 6.92 Å². The molecule has 1 unspecified atom stereocenters. The molecule has 0 heterocycles. The molecule has 0 aromatic rings. The second kappa shape index (κ2) is 4.46. The molecule has 0 spiro atoms. The van der Waals surface area contributed by atoms with Crippen molar-refractivity contribution in [1.82, 2.24) is 0 Å². The molecule has 3 nitrogen and oxygen atoms in total. The van der Waals surface area contributed by atoms with Gasteiger partial charge in [0.25, 0.3) is 0 Å². The van der Waals surface area contributed by atoms with Gasteiger partial charge in [-0.15, -0.1) is 0 Å². The van der Waals surface area contributed by atoms with Gasteiger partial charge in [-0.1, -0.05) is 0 Å². The zero-order chi connectivity index (χ0) is 5.70. The van der Waals surface area contributed by atoms with E-state index >= 15 is 0 Å². The molecule has 0 aromatic heterocycles. The Hall–Kier alpha value is 0.304. The van der Waals surface area contributed by atoms with E-state index in [4.69, 9.17) is 0 Å². The van der Waals surface area contributed by atoms with Gasteiger partial charge < -0.3 is 0 Å². The van der Waals surface area contributed by atoms with Gasteiger partial charge in [0.1, 0.15) is 0 Å². The van der Waals surface area contributed by atoms with Crippen molar-refractivity contribution >= 4 is 0 Å². The van der Waals surface area contributed by atoms with Crippen molar-refractivity contribution in [1.29, 1.82) is 0 Å². The third-order valence-electron chi connectivity index (χ3n) is 0.523. The van der Waals surface area contributed by atoms with Gasteiger partial charge in [-0.25, -0.2) is 0 Å². The molecular formula is C3H7O3V. The van der Waals surface area contributed by atoms with Crippen molar-refractivity contribution in [2.24, 2.45) is 0 Å². The third-order valence-corrected chi connectivity index (χ3v) is 1.12. The fourth-order valence-electron chi connectivity index (χ4n) is 0.104. The Bertz CT molecular complexity index is 56.1. The minimum atomic E-state index is -1.20. The van der Waals surface area contributed by atoms with Crippen molar-refractivity contribution in [2.45, 2.75) is 13.2 Å². The zero-order valence-electron chi connectivity index (χ0n) is 4.25. The SMILES string of the molecule is COC(C)[O][V]=[O]. The average Bonchev–Trinajstić information content (AvgIpc) is 1.68. The Balaban J connectivity index is 2.98. The molecule has 0 saturated heterocycles. The van der Waals surface area contributed by atoms with Crippen LogP contribution in [0.25, 0.3) is 0 Å². The van der Waals surface area contributed by atoms with Gasteiger partial charge in [-0.05, 0) is 0 Å². The molecule has 7 heavy (non-hydrogen) atoms. The number of methoxy groups -OCH3 is 1. The summed E-state index contributed by atoms with van der Waals surface area (Å²) >= 11 is -1.20. The Morgan fingerprint density at radius 1 is 1.71 bits per heavy atom. The van der Waals surface area contributed by atoms with Gasteiger partial charge in [0.05, 0.1) is 0 Å². The van der Waals surface area contributed by atoms with E-state index in [0.717, 1.165) is 0 Å². The maximum atomic E-state index is 9.69. The number of ether oxygens (including phenoxy) is 1. The van der Waals surface area contributed by atoms with Crippen molar-refractivity contribution < 1.29 is 28.7 Å². The van der Waals surface area contributed by atoms with E-state index in [-0.39, 0.29) is 6.29 Å². The van der Waals surface area contributed by atoms with Crippen molar-refractivity contribution in [3.8, 4) is 0 Å². The van der Waals surface area contributed by atoms with Gasteiger partial charge in [0, 0.05) is 0 Å². The van der Waals surface area contributed by atoms with Gasteiger partial charge in [-0.3, -0.25) is 0 Å². The quantitative estimate of drug-likeness (QED) is 0.533. The van der Waals surface area contributed by atoms with Crippen molar-refractivity contribution in [2.75, 3.05) is 7.11 Å². The van der Waals surface area contributed by atoms with Crippen LogP contribution in [0.5, 0.6) is 0 Å². The van der Waals surface area contributed by atoms with Crippen molar-refractivity contribution in [3.05, 3.63) is 0 Å². The topological polar surface area (TPSA) is 35.5 Å². The van der Waals surface area contributed by atoms with Crippen LogP contribution >= 0.6 is 0 Å². The van der Waals surface area contributed by atoms with Gasteiger partial charge >= 0.3 is 49.0 Å². The van der Waals surface area contributed by atoms with Crippen LogP contribution in [-0.2, 0) is 28.7 Å². The molecular weight excluding hydrogens is 135 g/mol. The standard InChI is InChI=1S/C3H7O2.O.V/c1-3(4)5-2;;/h3H,1-2H3;;/q-1;;+1. The summed E-state index contributed by atoms with van der Waals surface area (Å²) in [6.45, 7) is 1.69. The maximum absolute atomic E-state index is 9.69. The normalized spacial score (nSPS) is 13.4. The average molecular weight is 142 g/mol. The molecule has 0 rings (SSSR count). The third kappa shape index (κ3) is 4.15. The summed E-state index contributed by atoms with van der Waals surface area (Å²) in [7, 11) is 1.50. The molecule has 4 heteroatoms. The van der Waals surface area contributed by atoms with E-state index in [9.17, 15) is 3.67 Å². The monoisotopic (exact) mass is 142 g/mol. The summed E-state index contributed by atoms with van der Waals surface area (Å²) in [5, 5.41) is 0. The molecule has 42 valence electrons. The van der Waals surface area contributed by atoms with Crippen LogP contribution in [0.4, 0.5) is 0 Å². The number of hydrogen-bond donors (Lipinski definition) is 0. The molecule has 0 radical (unpaired) electrons.